The second-order valence-electron chi connectivity index (χ2n) is 6.55. The molecule has 114 valence electrons. The van der Waals surface area contributed by atoms with E-state index in [9.17, 15) is 0 Å². The van der Waals surface area contributed by atoms with E-state index in [-0.39, 0.29) is 5.41 Å². The monoisotopic (exact) mass is 287 g/mol. The van der Waals surface area contributed by atoms with Crippen molar-refractivity contribution in [3.8, 4) is 5.82 Å². The Morgan fingerprint density at radius 3 is 2.19 bits per heavy atom. The summed E-state index contributed by atoms with van der Waals surface area (Å²) >= 11 is 0. The number of aryl methyl sites for hydroxylation is 1. The third-order valence-corrected chi connectivity index (χ3v) is 3.82. The van der Waals surface area contributed by atoms with Gasteiger partial charge in [-0.2, -0.15) is 5.10 Å². The average Bonchev–Trinajstić information content (AvgIpc) is 2.66. The largest absolute Gasteiger partial charge is 0.383 e. The predicted molar refractivity (Wildman–Crippen MR) is 85.9 cm³/mol. The third kappa shape index (κ3) is 2.64. The number of hydrogen-bond acceptors (Lipinski definition) is 4. The number of anilines is 1. The first-order valence-corrected chi connectivity index (χ1v) is 7.36. The Hall–Kier alpha value is -1.91. The van der Waals surface area contributed by atoms with Gasteiger partial charge < -0.3 is 5.73 Å². The van der Waals surface area contributed by atoms with Crippen LogP contribution in [0.5, 0.6) is 0 Å². The van der Waals surface area contributed by atoms with Gasteiger partial charge in [0.15, 0.2) is 5.82 Å². The van der Waals surface area contributed by atoms with Gasteiger partial charge in [-0.15, -0.1) is 0 Å². The van der Waals surface area contributed by atoms with Crippen molar-refractivity contribution in [3.05, 3.63) is 28.3 Å². The third-order valence-electron chi connectivity index (χ3n) is 3.82. The minimum atomic E-state index is -0.153. The highest BCUT2D eigenvalue weighted by Gasteiger charge is 2.22. The molecule has 2 N–H and O–H groups in total. The molecule has 2 rings (SSSR count). The van der Waals surface area contributed by atoms with Crippen molar-refractivity contribution in [2.24, 2.45) is 0 Å². The van der Waals surface area contributed by atoms with E-state index in [4.69, 9.17) is 10.7 Å². The van der Waals surface area contributed by atoms with Crippen LogP contribution in [-0.2, 0) is 11.8 Å². The Morgan fingerprint density at radius 1 is 1.10 bits per heavy atom. The minimum absolute atomic E-state index is 0.153. The van der Waals surface area contributed by atoms with Crippen LogP contribution in [0, 0.1) is 20.8 Å². The van der Waals surface area contributed by atoms with Crippen LogP contribution in [0.2, 0.25) is 0 Å². The molecule has 0 aliphatic heterocycles. The van der Waals surface area contributed by atoms with Gasteiger partial charge in [0, 0.05) is 16.7 Å². The molecular formula is C16H25N5. The van der Waals surface area contributed by atoms with Crippen LogP contribution in [0.4, 0.5) is 5.82 Å². The molecule has 0 saturated heterocycles. The zero-order valence-corrected chi connectivity index (χ0v) is 14.1. The van der Waals surface area contributed by atoms with Crippen LogP contribution in [0.3, 0.4) is 0 Å². The van der Waals surface area contributed by atoms with E-state index in [2.05, 4.69) is 44.7 Å². The average molecular weight is 287 g/mol. The normalized spacial score (nSPS) is 12.0. The summed E-state index contributed by atoms with van der Waals surface area (Å²) in [4.78, 5) is 9.17. The van der Waals surface area contributed by atoms with E-state index in [1.54, 1.807) is 0 Å². The summed E-state index contributed by atoms with van der Waals surface area (Å²) in [6.07, 6.45) is 0.962. The number of nitrogens with two attached hydrogens (primary N) is 1. The summed E-state index contributed by atoms with van der Waals surface area (Å²) in [6.45, 7) is 14.4. The van der Waals surface area contributed by atoms with Crippen LogP contribution >= 0.6 is 0 Å². The van der Waals surface area contributed by atoms with Gasteiger partial charge in [0.05, 0.1) is 5.69 Å². The Balaban J connectivity index is 2.72. The van der Waals surface area contributed by atoms with Gasteiger partial charge in [0.25, 0.3) is 0 Å². The van der Waals surface area contributed by atoms with Crippen molar-refractivity contribution in [2.75, 3.05) is 5.73 Å². The lowest BCUT2D eigenvalue weighted by molar-refractivity contribution is 0.542. The lowest BCUT2D eigenvalue weighted by Crippen LogP contribution is -2.20. The minimum Gasteiger partial charge on any atom is -0.383 e. The summed E-state index contributed by atoms with van der Waals surface area (Å²) in [5.74, 6) is 2.05. The van der Waals surface area contributed by atoms with E-state index < -0.39 is 0 Å². The summed E-state index contributed by atoms with van der Waals surface area (Å²) in [5.41, 5.74) is 10.2. The van der Waals surface area contributed by atoms with Crippen molar-refractivity contribution < 1.29 is 0 Å². The first-order chi connectivity index (χ1) is 9.66. The molecule has 2 aromatic heterocycles. The molecule has 0 unspecified atom stereocenters. The molecule has 0 atom stereocenters. The summed E-state index contributed by atoms with van der Waals surface area (Å²) in [7, 11) is 0. The molecule has 0 bridgehead atoms. The fourth-order valence-corrected chi connectivity index (χ4v) is 2.46. The van der Waals surface area contributed by atoms with E-state index in [1.807, 2.05) is 18.5 Å². The number of rotatable bonds is 2. The zero-order valence-electron chi connectivity index (χ0n) is 14.1. The van der Waals surface area contributed by atoms with Crippen LogP contribution in [-0.4, -0.2) is 19.7 Å². The van der Waals surface area contributed by atoms with Crippen LogP contribution in [0.1, 0.15) is 56.0 Å². The van der Waals surface area contributed by atoms with Crippen molar-refractivity contribution in [1.29, 1.82) is 0 Å². The van der Waals surface area contributed by atoms with Gasteiger partial charge in [-0.3, -0.25) is 0 Å². The molecule has 0 spiro atoms. The van der Waals surface area contributed by atoms with Crippen LogP contribution in [0.15, 0.2) is 0 Å². The lowest BCUT2D eigenvalue weighted by atomic mass is 9.95. The van der Waals surface area contributed by atoms with Gasteiger partial charge in [-0.25, -0.2) is 14.6 Å². The molecule has 0 amide bonds. The Kier molecular flexibility index (Phi) is 3.78. The van der Waals surface area contributed by atoms with E-state index >= 15 is 0 Å². The van der Waals surface area contributed by atoms with Crippen LogP contribution in [0.25, 0.3) is 5.82 Å². The number of hydrogen-bond donors (Lipinski definition) is 1. The molecule has 5 nitrogen and oxygen atoms in total. The molecule has 2 aromatic rings. The molecular weight excluding hydrogens is 262 g/mol. The molecule has 0 radical (unpaired) electrons. The van der Waals surface area contributed by atoms with Gasteiger partial charge in [-0.1, -0.05) is 27.7 Å². The molecule has 2 heterocycles. The highest BCUT2D eigenvalue weighted by Crippen LogP contribution is 2.26. The summed E-state index contributed by atoms with van der Waals surface area (Å²) < 4.78 is 1.90. The van der Waals surface area contributed by atoms with E-state index in [0.29, 0.717) is 5.82 Å². The highest BCUT2D eigenvalue weighted by atomic mass is 15.3. The smallest absolute Gasteiger partial charge is 0.162 e. The summed E-state index contributed by atoms with van der Waals surface area (Å²) in [6, 6.07) is 0. The fourth-order valence-electron chi connectivity index (χ4n) is 2.46. The maximum atomic E-state index is 6.09. The van der Waals surface area contributed by atoms with Crippen molar-refractivity contribution in [1.82, 2.24) is 19.7 Å². The topological polar surface area (TPSA) is 69.6 Å². The first kappa shape index (κ1) is 15.5. The zero-order chi connectivity index (χ0) is 15.9. The maximum Gasteiger partial charge on any atom is 0.162 e. The molecule has 5 heteroatoms. The van der Waals surface area contributed by atoms with E-state index in [0.717, 1.165) is 35.0 Å². The number of nitrogen functional groups attached to an aromatic ring is 1. The predicted octanol–water partition coefficient (Wildman–Crippen LogP) is 3.03. The highest BCUT2D eigenvalue weighted by molar-refractivity contribution is 5.50. The molecule has 0 aliphatic rings. The maximum absolute atomic E-state index is 6.09. The first-order valence-electron chi connectivity index (χ1n) is 7.36. The Morgan fingerprint density at radius 2 is 1.71 bits per heavy atom. The standard InChI is InChI=1S/C16H25N5/c1-8-12-10(3)20-21(11(12)4)14-9(2)13(17)18-15(19-14)16(5,6)7/h8H2,1-7H3,(H2,17,18,19). The van der Waals surface area contributed by atoms with Gasteiger partial charge in [-0.05, 0) is 32.8 Å². The lowest BCUT2D eigenvalue weighted by Gasteiger charge is -2.19. The van der Waals surface area contributed by atoms with Gasteiger partial charge in [0.2, 0.25) is 0 Å². The SMILES string of the molecule is CCc1c(C)nn(-c2nc(C(C)(C)C)nc(N)c2C)c1C. The van der Waals surface area contributed by atoms with E-state index in [1.165, 1.54) is 5.56 Å². The number of nitrogens with zero attached hydrogens (tertiary/aromatic N) is 4. The molecule has 0 aliphatic carbocycles. The second-order valence-corrected chi connectivity index (χ2v) is 6.55. The van der Waals surface area contributed by atoms with Crippen LogP contribution < -0.4 is 5.73 Å². The summed E-state index contributed by atoms with van der Waals surface area (Å²) in [5, 5.41) is 4.65. The second kappa shape index (κ2) is 5.13. The number of aromatic nitrogens is 4. The Labute approximate surface area is 126 Å². The van der Waals surface area contributed by atoms with Crippen molar-refractivity contribution in [2.45, 2.75) is 60.3 Å². The quantitative estimate of drug-likeness (QED) is 0.921. The fraction of sp³-hybridized carbons (Fsp3) is 0.562. The Bertz CT molecular complexity index is 677. The van der Waals surface area contributed by atoms with Gasteiger partial charge >= 0.3 is 0 Å². The van der Waals surface area contributed by atoms with Gasteiger partial charge in [0.1, 0.15) is 11.6 Å². The molecule has 21 heavy (non-hydrogen) atoms. The van der Waals surface area contributed by atoms with Crippen molar-refractivity contribution in [3.63, 3.8) is 0 Å². The molecule has 0 saturated carbocycles. The molecule has 0 fully saturated rings. The van der Waals surface area contributed by atoms with Crippen molar-refractivity contribution >= 4 is 5.82 Å². The molecule has 0 aromatic carbocycles.